The second-order valence-electron chi connectivity index (χ2n) is 7.32. The molecule has 0 aromatic heterocycles. The standard InChI is InChI=1S/C19H28F2N4/c1-14-4-3-8-25(12-14)19(22-2)23-11-15-7-9-24(13-15)16-5-6-17(20)18(21)10-16/h5-6,10,14-15H,3-4,7-9,11-13H2,1-2H3,(H,22,23). The molecule has 2 aliphatic heterocycles. The van der Waals surface area contributed by atoms with Crippen molar-refractivity contribution in [1.29, 1.82) is 0 Å². The van der Waals surface area contributed by atoms with Crippen LogP contribution in [-0.2, 0) is 0 Å². The van der Waals surface area contributed by atoms with Gasteiger partial charge in [-0.05, 0) is 43.2 Å². The highest BCUT2D eigenvalue weighted by Gasteiger charge is 2.25. The summed E-state index contributed by atoms with van der Waals surface area (Å²) in [5, 5.41) is 3.51. The molecule has 2 saturated heterocycles. The van der Waals surface area contributed by atoms with E-state index in [1.54, 1.807) is 6.07 Å². The number of benzene rings is 1. The molecule has 4 nitrogen and oxygen atoms in total. The molecule has 2 unspecified atom stereocenters. The van der Waals surface area contributed by atoms with Crippen LogP contribution in [-0.4, -0.2) is 50.6 Å². The summed E-state index contributed by atoms with van der Waals surface area (Å²) in [7, 11) is 1.84. The van der Waals surface area contributed by atoms with Gasteiger partial charge in [-0.25, -0.2) is 8.78 Å². The zero-order chi connectivity index (χ0) is 17.8. The lowest BCUT2D eigenvalue weighted by Gasteiger charge is -2.34. The smallest absolute Gasteiger partial charge is 0.193 e. The zero-order valence-corrected chi connectivity index (χ0v) is 15.1. The Morgan fingerprint density at radius 3 is 2.76 bits per heavy atom. The molecule has 2 heterocycles. The molecular formula is C19H28F2N4. The summed E-state index contributed by atoms with van der Waals surface area (Å²) in [6, 6.07) is 4.15. The fraction of sp³-hybridized carbons (Fsp3) is 0.632. The molecule has 6 heteroatoms. The number of likely N-dealkylation sites (tertiary alicyclic amines) is 1. The molecule has 1 aromatic carbocycles. The van der Waals surface area contributed by atoms with E-state index in [0.29, 0.717) is 11.8 Å². The highest BCUT2D eigenvalue weighted by molar-refractivity contribution is 5.80. The first-order chi connectivity index (χ1) is 12.1. The van der Waals surface area contributed by atoms with E-state index < -0.39 is 11.6 Å². The first kappa shape index (κ1) is 18.0. The van der Waals surface area contributed by atoms with Crippen LogP contribution < -0.4 is 10.2 Å². The van der Waals surface area contributed by atoms with Gasteiger partial charge in [0.1, 0.15) is 0 Å². The summed E-state index contributed by atoms with van der Waals surface area (Å²) in [5.74, 6) is 0.604. The van der Waals surface area contributed by atoms with Crippen molar-refractivity contribution in [2.75, 3.05) is 44.7 Å². The number of nitrogens with one attached hydrogen (secondary N) is 1. The van der Waals surface area contributed by atoms with E-state index in [-0.39, 0.29) is 0 Å². The molecule has 0 amide bonds. The van der Waals surface area contributed by atoms with Crippen LogP contribution in [0.1, 0.15) is 26.2 Å². The third kappa shape index (κ3) is 4.41. The third-order valence-electron chi connectivity index (χ3n) is 5.27. The van der Waals surface area contributed by atoms with E-state index in [1.807, 2.05) is 7.05 Å². The Bertz CT molecular complexity index is 619. The number of hydrogen-bond donors (Lipinski definition) is 1. The number of nitrogens with zero attached hydrogens (tertiary/aromatic N) is 3. The summed E-state index contributed by atoms with van der Waals surface area (Å²) in [6.07, 6.45) is 3.55. The Labute approximate surface area is 148 Å². The van der Waals surface area contributed by atoms with E-state index in [1.165, 1.54) is 25.0 Å². The highest BCUT2D eigenvalue weighted by atomic mass is 19.2. The predicted octanol–water partition coefficient (Wildman–Crippen LogP) is 3.10. The minimum atomic E-state index is -0.791. The number of rotatable bonds is 3. The molecule has 1 N–H and O–H groups in total. The highest BCUT2D eigenvalue weighted by Crippen LogP contribution is 2.25. The van der Waals surface area contributed by atoms with Crippen LogP contribution in [0.15, 0.2) is 23.2 Å². The van der Waals surface area contributed by atoms with E-state index in [9.17, 15) is 8.78 Å². The fourth-order valence-electron chi connectivity index (χ4n) is 3.87. The Morgan fingerprint density at radius 1 is 1.20 bits per heavy atom. The monoisotopic (exact) mass is 350 g/mol. The molecule has 0 spiro atoms. The van der Waals surface area contributed by atoms with Crippen molar-refractivity contribution in [3.05, 3.63) is 29.8 Å². The quantitative estimate of drug-likeness (QED) is 0.671. The molecule has 2 aliphatic rings. The SMILES string of the molecule is CN=C(NCC1CCN(c2ccc(F)c(F)c2)C1)N1CCCC(C)C1. The number of anilines is 1. The van der Waals surface area contributed by atoms with Crippen molar-refractivity contribution in [3.8, 4) is 0 Å². The maximum absolute atomic E-state index is 13.4. The molecule has 2 atom stereocenters. The average molecular weight is 350 g/mol. The van der Waals surface area contributed by atoms with Gasteiger partial charge in [-0.15, -0.1) is 0 Å². The lowest BCUT2D eigenvalue weighted by atomic mass is 10.0. The van der Waals surface area contributed by atoms with E-state index in [2.05, 4.69) is 27.0 Å². The molecule has 0 bridgehead atoms. The van der Waals surface area contributed by atoms with Gasteiger partial charge in [0.05, 0.1) is 0 Å². The lowest BCUT2D eigenvalue weighted by molar-refractivity contribution is 0.265. The summed E-state index contributed by atoms with van der Waals surface area (Å²) in [5.41, 5.74) is 0.760. The van der Waals surface area contributed by atoms with Gasteiger partial charge >= 0.3 is 0 Å². The van der Waals surface area contributed by atoms with E-state index in [4.69, 9.17) is 0 Å². The predicted molar refractivity (Wildman–Crippen MR) is 98.0 cm³/mol. The molecule has 138 valence electrons. The fourth-order valence-corrected chi connectivity index (χ4v) is 3.87. The summed E-state index contributed by atoms with van der Waals surface area (Å²) in [4.78, 5) is 8.90. The van der Waals surface area contributed by atoms with Gasteiger partial charge in [-0.1, -0.05) is 6.92 Å². The maximum Gasteiger partial charge on any atom is 0.193 e. The van der Waals surface area contributed by atoms with Gasteiger partial charge in [0.15, 0.2) is 17.6 Å². The molecule has 0 aliphatic carbocycles. The summed E-state index contributed by atoms with van der Waals surface area (Å²) in [6.45, 7) is 7.00. The molecule has 1 aromatic rings. The normalized spacial score (nSPS) is 24.7. The minimum Gasteiger partial charge on any atom is -0.371 e. The third-order valence-corrected chi connectivity index (χ3v) is 5.27. The van der Waals surface area contributed by atoms with Gasteiger partial charge in [0.25, 0.3) is 0 Å². The minimum absolute atomic E-state index is 0.479. The Balaban J connectivity index is 1.51. The van der Waals surface area contributed by atoms with Gasteiger partial charge in [-0.3, -0.25) is 4.99 Å². The van der Waals surface area contributed by atoms with Crippen molar-refractivity contribution in [2.24, 2.45) is 16.8 Å². The molecule has 3 rings (SSSR count). The molecule has 0 saturated carbocycles. The number of aliphatic imine (C=N–C) groups is 1. The van der Waals surface area contributed by atoms with Crippen molar-refractivity contribution < 1.29 is 8.78 Å². The first-order valence-electron chi connectivity index (χ1n) is 9.22. The van der Waals surface area contributed by atoms with E-state index >= 15 is 0 Å². The lowest BCUT2D eigenvalue weighted by Crippen LogP contribution is -2.47. The van der Waals surface area contributed by atoms with Crippen molar-refractivity contribution >= 4 is 11.6 Å². The molecule has 25 heavy (non-hydrogen) atoms. The van der Waals surface area contributed by atoms with Crippen LogP contribution in [0.3, 0.4) is 0 Å². The number of piperidine rings is 1. The number of hydrogen-bond acceptors (Lipinski definition) is 2. The van der Waals surface area contributed by atoms with Crippen LogP contribution in [0.4, 0.5) is 14.5 Å². The van der Waals surface area contributed by atoms with Crippen molar-refractivity contribution in [1.82, 2.24) is 10.2 Å². The maximum atomic E-state index is 13.4. The molecule has 2 fully saturated rings. The van der Waals surface area contributed by atoms with Gasteiger partial charge in [-0.2, -0.15) is 0 Å². The van der Waals surface area contributed by atoms with Gasteiger partial charge in [0.2, 0.25) is 0 Å². The van der Waals surface area contributed by atoms with Crippen molar-refractivity contribution in [2.45, 2.75) is 26.2 Å². The topological polar surface area (TPSA) is 30.9 Å². The van der Waals surface area contributed by atoms with Gasteiger partial charge < -0.3 is 15.1 Å². The van der Waals surface area contributed by atoms with E-state index in [0.717, 1.165) is 50.8 Å². The van der Waals surface area contributed by atoms with Crippen LogP contribution >= 0.6 is 0 Å². The first-order valence-corrected chi connectivity index (χ1v) is 9.22. The molecular weight excluding hydrogens is 322 g/mol. The average Bonchev–Trinajstić information content (AvgIpc) is 3.07. The summed E-state index contributed by atoms with van der Waals surface area (Å²) >= 11 is 0. The van der Waals surface area contributed by atoms with Crippen LogP contribution in [0.5, 0.6) is 0 Å². The Morgan fingerprint density at radius 2 is 2.04 bits per heavy atom. The Hall–Kier alpha value is -1.85. The van der Waals surface area contributed by atoms with Crippen molar-refractivity contribution in [3.63, 3.8) is 0 Å². The number of guanidine groups is 1. The second kappa shape index (κ2) is 8.02. The van der Waals surface area contributed by atoms with Crippen LogP contribution in [0, 0.1) is 23.5 Å². The summed E-state index contributed by atoms with van der Waals surface area (Å²) < 4.78 is 26.5. The second-order valence-corrected chi connectivity index (χ2v) is 7.32. The van der Waals surface area contributed by atoms with Crippen LogP contribution in [0.2, 0.25) is 0 Å². The Kier molecular flexibility index (Phi) is 5.76. The molecule has 0 radical (unpaired) electrons. The van der Waals surface area contributed by atoms with Crippen LogP contribution in [0.25, 0.3) is 0 Å². The zero-order valence-electron chi connectivity index (χ0n) is 15.1. The largest absolute Gasteiger partial charge is 0.371 e. The number of halogens is 2. The van der Waals surface area contributed by atoms with Gasteiger partial charge in [0, 0.05) is 51.5 Å².